The molecule has 0 saturated heterocycles. The van der Waals surface area contributed by atoms with E-state index >= 15 is 0 Å². The summed E-state index contributed by atoms with van der Waals surface area (Å²) < 4.78 is 45.6. The molecule has 7 nitrogen and oxygen atoms in total. The van der Waals surface area contributed by atoms with Crippen LogP contribution in [0.25, 0.3) is 0 Å². The van der Waals surface area contributed by atoms with Gasteiger partial charge in [-0.3, -0.25) is 9.59 Å². The van der Waals surface area contributed by atoms with Gasteiger partial charge in [-0.1, -0.05) is 18.2 Å². The van der Waals surface area contributed by atoms with Crippen molar-refractivity contribution in [3.63, 3.8) is 0 Å². The number of thiazole rings is 1. The van der Waals surface area contributed by atoms with E-state index in [9.17, 15) is 22.8 Å². The van der Waals surface area contributed by atoms with Crippen LogP contribution in [0, 0.1) is 13.8 Å². The molecule has 0 aliphatic rings. The normalized spacial score (nSPS) is 11.2. The number of hydrogen-bond donors (Lipinski definition) is 2. The first kappa shape index (κ1) is 25.0. The van der Waals surface area contributed by atoms with E-state index in [1.807, 2.05) is 32.0 Å². The number of benzene rings is 2. The molecule has 3 rings (SSSR count). The molecule has 1 heterocycles. The average molecular weight is 494 g/mol. The van der Waals surface area contributed by atoms with Crippen molar-refractivity contribution >= 4 is 23.2 Å². The number of nitrogens with one attached hydrogen (secondary N) is 1. The van der Waals surface area contributed by atoms with Gasteiger partial charge >= 0.3 is 6.36 Å². The predicted octanol–water partition coefficient (Wildman–Crippen LogP) is 4.04. The SMILES string of the molecule is Cc1cccc(Cc2sc(CNC(=O)COc3ccc(OC(F)(F)F)cc3)nc2C(N)=O)c1C. The zero-order chi connectivity index (χ0) is 24.9. The number of nitrogens with two attached hydrogens (primary N) is 1. The van der Waals surface area contributed by atoms with E-state index in [-0.39, 0.29) is 24.6 Å². The molecular weight excluding hydrogens is 471 g/mol. The molecule has 0 unspecified atom stereocenters. The first-order valence-corrected chi connectivity index (χ1v) is 10.9. The molecular formula is C23H22F3N3O4S. The van der Waals surface area contributed by atoms with Gasteiger partial charge in [-0.15, -0.1) is 24.5 Å². The minimum Gasteiger partial charge on any atom is -0.484 e. The maximum absolute atomic E-state index is 12.2. The number of hydrogen-bond acceptors (Lipinski definition) is 6. The second kappa shape index (κ2) is 10.6. The first-order chi connectivity index (χ1) is 16.0. The van der Waals surface area contributed by atoms with Crippen LogP contribution in [0.3, 0.4) is 0 Å². The maximum Gasteiger partial charge on any atom is 0.573 e. The van der Waals surface area contributed by atoms with E-state index in [1.165, 1.54) is 23.5 Å². The van der Waals surface area contributed by atoms with Crippen LogP contribution >= 0.6 is 11.3 Å². The van der Waals surface area contributed by atoms with Crippen molar-refractivity contribution in [1.29, 1.82) is 0 Å². The summed E-state index contributed by atoms with van der Waals surface area (Å²) >= 11 is 1.29. The Morgan fingerprint density at radius 3 is 2.41 bits per heavy atom. The molecule has 0 spiro atoms. The van der Waals surface area contributed by atoms with Crippen LogP contribution in [0.2, 0.25) is 0 Å². The lowest BCUT2D eigenvalue weighted by atomic mass is 10.00. The van der Waals surface area contributed by atoms with Gasteiger partial charge in [-0.25, -0.2) is 4.98 Å². The van der Waals surface area contributed by atoms with E-state index in [0.717, 1.165) is 28.8 Å². The fraction of sp³-hybridized carbons (Fsp3) is 0.261. The third-order valence-electron chi connectivity index (χ3n) is 4.91. The van der Waals surface area contributed by atoms with Crippen LogP contribution in [0.15, 0.2) is 42.5 Å². The lowest BCUT2D eigenvalue weighted by Crippen LogP contribution is -2.28. The highest BCUT2D eigenvalue weighted by atomic mass is 32.1. The van der Waals surface area contributed by atoms with E-state index in [4.69, 9.17) is 10.5 Å². The maximum atomic E-state index is 12.2. The monoisotopic (exact) mass is 493 g/mol. The molecule has 180 valence electrons. The molecule has 2 aromatic carbocycles. The van der Waals surface area contributed by atoms with Crippen molar-refractivity contribution in [3.8, 4) is 11.5 Å². The molecule has 0 atom stereocenters. The van der Waals surface area contributed by atoms with Gasteiger partial charge < -0.3 is 20.5 Å². The smallest absolute Gasteiger partial charge is 0.484 e. The number of halogens is 3. The Balaban J connectivity index is 1.56. The molecule has 11 heteroatoms. The van der Waals surface area contributed by atoms with Crippen molar-refractivity contribution in [1.82, 2.24) is 10.3 Å². The lowest BCUT2D eigenvalue weighted by molar-refractivity contribution is -0.274. The van der Waals surface area contributed by atoms with Gasteiger partial charge in [-0.05, 0) is 54.8 Å². The highest BCUT2D eigenvalue weighted by Crippen LogP contribution is 2.26. The number of carbonyl (C=O) groups excluding carboxylic acids is 2. The van der Waals surface area contributed by atoms with E-state index in [0.29, 0.717) is 16.3 Å². The Bertz CT molecular complexity index is 1180. The van der Waals surface area contributed by atoms with Gasteiger partial charge in [0, 0.05) is 11.3 Å². The number of aryl methyl sites for hydroxylation is 1. The van der Waals surface area contributed by atoms with Gasteiger partial charge in [0.15, 0.2) is 6.61 Å². The minimum atomic E-state index is -4.79. The summed E-state index contributed by atoms with van der Waals surface area (Å²) in [6.07, 6.45) is -4.29. The Morgan fingerprint density at radius 2 is 1.76 bits per heavy atom. The van der Waals surface area contributed by atoms with Gasteiger partial charge in [-0.2, -0.15) is 0 Å². The van der Waals surface area contributed by atoms with Crippen LogP contribution in [0.5, 0.6) is 11.5 Å². The summed E-state index contributed by atoms with van der Waals surface area (Å²) in [7, 11) is 0. The van der Waals surface area contributed by atoms with Gasteiger partial charge in [0.25, 0.3) is 11.8 Å². The third-order valence-corrected chi connectivity index (χ3v) is 5.96. The summed E-state index contributed by atoms with van der Waals surface area (Å²) in [5, 5.41) is 3.14. The molecule has 0 saturated carbocycles. The van der Waals surface area contributed by atoms with Crippen molar-refractivity contribution in [2.24, 2.45) is 5.73 Å². The Kier molecular flexibility index (Phi) is 7.77. The van der Waals surface area contributed by atoms with Gasteiger partial charge in [0.2, 0.25) is 0 Å². The van der Waals surface area contributed by atoms with Gasteiger partial charge in [0.1, 0.15) is 22.2 Å². The standard InChI is InChI=1S/C23H22F3N3O4S/c1-13-4-3-5-15(14(13)2)10-18-21(22(27)31)29-20(34-18)11-28-19(30)12-32-16-6-8-17(9-7-16)33-23(24,25)26/h3-9H,10-12H2,1-2H3,(H2,27,31)(H,28,30). The number of carbonyl (C=O) groups is 2. The molecule has 0 bridgehead atoms. The number of amides is 2. The van der Waals surface area contributed by atoms with Crippen LogP contribution in [0.4, 0.5) is 13.2 Å². The summed E-state index contributed by atoms with van der Waals surface area (Å²) in [5.41, 5.74) is 8.98. The average Bonchev–Trinajstić information content (AvgIpc) is 3.17. The summed E-state index contributed by atoms with van der Waals surface area (Å²) in [6.45, 7) is 3.73. The van der Waals surface area contributed by atoms with E-state index in [2.05, 4.69) is 15.0 Å². The number of alkyl halides is 3. The third kappa shape index (κ3) is 6.95. The number of primary amides is 1. The van der Waals surface area contributed by atoms with Crippen molar-refractivity contribution in [2.75, 3.05) is 6.61 Å². The van der Waals surface area contributed by atoms with Crippen LogP contribution < -0.4 is 20.5 Å². The molecule has 0 aliphatic heterocycles. The quantitative estimate of drug-likeness (QED) is 0.468. The number of ether oxygens (including phenoxy) is 2. The van der Waals surface area contributed by atoms with Crippen molar-refractivity contribution < 1.29 is 32.2 Å². The van der Waals surface area contributed by atoms with Crippen LogP contribution in [-0.4, -0.2) is 29.8 Å². The Hall–Kier alpha value is -3.60. The molecule has 0 aliphatic carbocycles. The molecule has 0 fully saturated rings. The van der Waals surface area contributed by atoms with Crippen LogP contribution in [0.1, 0.15) is 37.1 Å². The molecule has 0 radical (unpaired) electrons. The zero-order valence-corrected chi connectivity index (χ0v) is 19.2. The van der Waals surface area contributed by atoms with Gasteiger partial charge in [0.05, 0.1) is 6.54 Å². The predicted molar refractivity (Wildman–Crippen MR) is 120 cm³/mol. The van der Waals surface area contributed by atoms with E-state index < -0.39 is 23.9 Å². The highest BCUT2D eigenvalue weighted by molar-refractivity contribution is 7.12. The summed E-state index contributed by atoms with van der Waals surface area (Å²) in [6, 6.07) is 10.6. The molecule has 3 aromatic rings. The summed E-state index contributed by atoms with van der Waals surface area (Å²) in [5.74, 6) is -1.31. The topological polar surface area (TPSA) is 104 Å². The second-order valence-corrected chi connectivity index (χ2v) is 8.53. The molecule has 1 aromatic heterocycles. The molecule has 3 N–H and O–H groups in total. The largest absolute Gasteiger partial charge is 0.573 e. The van der Waals surface area contributed by atoms with E-state index in [1.54, 1.807) is 0 Å². The fourth-order valence-corrected chi connectivity index (χ4v) is 4.11. The fourth-order valence-electron chi connectivity index (χ4n) is 3.08. The Labute approximate surface area is 197 Å². The second-order valence-electron chi connectivity index (χ2n) is 7.36. The van der Waals surface area contributed by atoms with Crippen molar-refractivity contribution in [3.05, 3.63) is 74.7 Å². The highest BCUT2D eigenvalue weighted by Gasteiger charge is 2.31. The first-order valence-electron chi connectivity index (χ1n) is 10.1. The minimum absolute atomic E-state index is 0.0678. The molecule has 2 amide bonds. The number of aromatic nitrogens is 1. The lowest BCUT2D eigenvalue weighted by Gasteiger charge is -2.10. The number of nitrogens with zero attached hydrogens (tertiary/aromatic N) is 1. The Morgan fingerprint density at radius 1 is 1.09 bits per heavy atom. The zero-order valence-electron chi connectivity index (χ0n) is 18.4. The molecule has 34 heavy (non-hydrogen) atoms. The van der Waals surface area contributed by atoms with Crippen LogP contribution in [-0.2, 0) is 17.8 Å². The summed E-state index contributed by atoms with van der Waals surface area (Å²) in [4.78, 5) is 29.0. The number of rotatable bonds is 9. The van der Waals surface area contributed by atoms with Crippen molar-refractivity contribution in [2.45, 2.75) is 33.2 Å².